The maximum atomic E-state index is 6.14. The average Bonchev–Trinajstić information content (AvgIpc) is 2.41. The number of benzene rings is 1. The van der Waals surface area contributed by atoms with Gasteiger partial charge in [-0.05, 0) is 42.3 Å². The second-order valence-electron chi connectivity index (χ2n) is 4.03. The first-order chi connectivity index (χ1) is 9.11. The van der Waals surface area contributed by atoms with Gasteiger partial charge < -0.3 is 0 Å². The van der Waals surface area contributed by atoms with Gasteiger partial charge in [0, 0.05) is 16.2 Å². The highest BCUT2D eigenvalue weighted by atomic mass is 35.5. The van der Waals surface area contributed by atoms with E-state index in [2.05, 4.69) is 10.4 Å². The molecule has 0 aliphatic heterocycles. The highest BCUT2D eigenvalue weighted by Gasteiger charge is 2.16. The summed E-state index contributed by atoms with van der Waals surface area (Å²) in [5.41, 5.74) is 4.28. The summed E-state index contributed by atoms with van der Waals surface area (Å²) in [6.45, 7) is 0. The van der Waals surface area contributed by atoms with Gasteiger partial charge in [0.25, 0.3) is 0 Å². The van der Waals surface area contributed by atoms with Gasteiger partial charge >= 0.3 is 0 Å². The van der Waals surface area contributed by atoms with Crippen LogP contribution in [0.2, 0.25) is 15.1 Å². The Bertz CT molecular complexity index is 575. The molecule has 0 saturated carbocycles. The van der Waals surface area contributed by atoms with E-state index in [0.717, 1.165) is 5.56 Å². The van der Waals surface area contributed by atoms with Crippen LogP contribution in [0.5, 0.6) is 0 Å². The molecule has 0 aliphatic rings. The third-order valence-corrected chi connectivity index (χ3v) is 3.67. The van der Waals surface area contributed by atoms with Gasteiger partial charge in [-0.2, -0.15) is 0 Å². The third-order valence-electron chi connectivity index (χ3n) is 2.75. The zero-order chi connectivity index (χ0) is 13.8. The maximum Gasteiger partial charge on any atom is 0.0775 e. The number of pyridine rings is 1. The van der Waals surface area contributed by atoms with Crippen LogP contribution in [0.25, 0.3) is 0 Å². The molecule has 1 unspecified atom stereocenters. The average molecular weight is 317 g/mol. The van der Waals surface area contributed by atoms with E-state index in [1.165, 1.54) is 0 Å². The summed E-state index contributed by atoms with van der Waals surface area (Å²) < 4.78 is 0. The first kappa shape index (κ1) is 14.6. The summed E-state index contributed by atoms with van der Waals surface area (Å²) in [6.07, 6.45) is 2.22. The first-order valence-electron chi connectivity index (χ1n) is 5.62. The predicted molar refractivity (Wildman–Crippen MR) is 79.5 cm³/mol. The molecule has 0 aliphatic carbocycles. The van der Waals surface area contributed by atoms with Gasteiger partial charge in [-0.3, -0.25) is 16.3 Å². The Balaban J connectivity index is 2.29. The fourth-order valence-corrected chi connectivity index (χ4v) is 2.45. The van der Waals surface area contributed by atoms with Crippen molar-refractivity contribution in [3.63, 3.8) is 0 Å². The minimum absolute atomic E-state index is 0.232. The lowest BCUT2D eigenvalue weighted by molar-refractivity contribution is 0.538. The minimum Gasteiger partial charge on any atom is -0.271 e. The van der Waals surface area contributed by atoms with E-state index >= 15 is 0 Å². The van der Waals surface area contributed by atoms with Crippen molar-refractivity contribution in [2.75, 3.05) is 0 Å². The Morgan fingerprint density at radius 3 is 2.63 bits per heavy atom. The summed E-state index contributed by atoms with van der Waals surface area (Å²) in [4.78, 5) is 4.25. The molecule has 0 saturated heterocycles. The first-order valence-corrected chi connectivity index (χ1v) is 6.75. The molecule has 19 heavy (non-hydrogen) atoms. The van der Waals surface area contributed by atoms with Crippen LogP contribution in [0.1, 0.15) is 17.3 Å². The van der Waals surface area contributed by atoms with Gasteiger partial charge in [0.15, 0.2) is 0 Å². The number of aromatic nitrogens is 1. The Morgan fingerprint density at radius 1 is 1.16 bits per heavy atom. The summed E-state index contributed by atoms with van der Waals surface area (Å²) in [5.74, 6) is 5.58. The van der Waals surface area contributed by atoms with Crippen LogP contribution in [0, 0.1) is 0 Å². The quantitative estimate of drug-likeness (QED) is 0.666. The minimum atomic E-state index is -0.232. The number of hydrogen-bond acceptors (Lipinski definition) is 3. The van der Waals surface area contributed by atoms with Crippen LogP contribution < -0.4 is 11.3 Å². The van der Waals surface area contributed by atoms with E-state index in [0.29, 0.717) is 27.2 Å². The smallest absolute Gasteiger partial charge is 0.0775 e. The normalized spacial score (nSPS) is 12.4. The molecular weight excluding hydrogens is 305 g/mol. The fourth-order valence-electron chi connectivity index (χ4n) is 1.81. The number of nitrogens with one attached hydrogen (secondary N) is 1. The summed E-state index contributed by atoms with van der Waals surface area (Å²) in [5, 5.41) is 1.82. The van der Waals surface area contributed by atoms with E-state index in [9.17, 15) is 0 Å². The van der Waals surface area contributed by atoms with Crippen molar-refractivity contribution < 1.29 is 0 Å². The van der Waals surface area contributed by atoms with Crippen molar-refractivity contribution in [2.45, 2.75) is 12.5 Å². The Labute approximate surface area is 126 Å². The van der Waals surface area contributed by atoms with Gasteiger partial charge in [0.2, 0.25) is 0 Å². The zero-order valence-electron chi connectivity index (χ0n) is 9.91. The Hall–Kier alpha value is -0.840. The Morgan fingerprint density at radius 2 is 1.95 bits per heavy atom. The molecule has 0 amide bonds. The number of halogens is 3. The van der Waals surface area contributed by atoms with E-state index in [1.807, 2.05) is 6.07 Å². The molecule has 0 spiro atoms. The molecule has 6 heteroatoms. The highest BCUT2D eigenvalue weighted by Crippen LogP contribution is 2.27. The topological polar surface area (TPSA) is 50.9 Å². The molecule has 1 heterocycles. The van der Waals surface area contributed by atoms with Gasteiger partial charge in [0.1, 0.15) is 0 Å². The number of hydrazine groups is 1. The number of nitrogens with zero attached hydrogens (tertiary/aromatic N) is 1. The third kappa shape index (κ3) is 3.59. The molecule has 2 rings (SSSR count). The monoisotopic (exact) mass is 315 g/mol. The van der Waals surface area contributed by atoms with Gasteiger partial charge in [-0.15, -0.1) is 0 Å². The molecule has 100 valence electrons. The SMILES string of the molecule is NNC(Cc1cc(Cl)ccc1Cl)c1ncccc1Cl. The van der Waals surface area contributed by atoms with Crippen LogP contribution in [-0.2, 0) is 6.42 Å². The fraction of sp³-hybridized carbons (Fsp3) is 0.154. The van der Waals surface area contributed by atoms with Crippen LogP contribution in [-0.4, -0.2) is 4.98 Å². The number of rotatable bonds is 4. The van der Waals surface area contributed by atoms with E-state index < -0.39 is 0 Å². The van der Waals surface area contributed by atoms with Crippen LogP contribution in [0.15, 0.2) is 36.5 Å². The van der Waals surface area contributed by atoms with Gasteiger partial charge in [-0.1, -0.05) is 34.8 Å². The lowest BCUT2D eigenvalue weighted by Crippen LogP contribution is -2.30. The molecule has 0 fully saturated rings. The zero-order valence-corrected chi connectivity index (χ0v) is 12.2. The van der Waals surface area contributed by atoms with E-state index in [-0.39, 0.29) is 6.04 Å². The molecule has 3 N–H and O–H groups in total. The molecule has 0 radical (unpaired) electrons. The standard InChI is InChI=1S/C13H12Cl3N3/c14-9-3-4-10(15)8(6-9)7-12(19-17)13-11(16)2-1-5-18-13/h1-6,12,19H,7,17H2. The van der Waals surface area contributed by atoms with Gasteiger partial charge in [0.05, 0.1) is 16.8 Å². The van der Waals surface area contributed by atoms with Crippen molar-refractivity contribution in [2.24, 2.45) is 5.84 Å². The van der Waals surface area contributed by atoms with Crippen LogP contribution >= 0.6 is 34.8 Å². The highest BCUT2D eigenvalue weighted by molar-refractivity contribution is 6.33. The second kappa shape index (κ2) is 6.55. The lowest BCUT2D eigenvalue weighted by atomic mass is 10.0. The molecule has 3 nitrogen and oxygen atoms in total. The molecule has 1 atom stereocenters. The van der Waals surface area contributed by atoms with Crippen LogP contribution in [0.4, 0.5) is 0 Å². The summed E-state index contributed by atoms with van der Waals surface area (Å²) in [6, 6.07) is 8.62. The Kier molecular flexibility index (Phi) is 5.02. The van der Waals surface area contributed by atoms with Crippen LogP contribution in [0.3, 0.4) is 0 Å². The van der Waals surface area contributed by atoms with Crippen molar-refractivity contribution in [1.29, 1.82) is 0 Å². The summed E-state index contributed by atoms with van der Waals surface area (Å²) in [7, 11) is 0. The summed E-state index contributed by atoms with van der Waals surface area (Å²) >= 11 is 18.2. The van der Waals surface area contributed by atoms with Crippen molar-refractivity contribution >= 4 is 34.8 Å². The van der Waals surface area contributed by atoms with E-state index in [1.54, 1.807) is 30.5 Å². The molecule has 0 bridgehead atoms. The largest absolute Gasteiger partial charge is 0.271 e. The predicted octanol–water partition coefficient (Wildman–Crippen LogP) is 3.79. The van der Waals surface area contributed by atoms with Crippen molar-refractivity contribution in [3.8, 4) is 0 Å². The van der Waals surface area contributed by atoms with Crippen molar-refractivity contribution in [1.82, 2.24) is 10.4 Å². The second-order valence-corrected chi connectivity index (χ2v) is 5.28. The lowest BCUT2D eigenvalue weighted by Gasteiger charge is -2.17. The van der Waals surface area contributed by atoms with Crippen molar-refractivity contribution in [3.05, 3.63) is 62.9 Å². The van der Waals surface area contributed by atoms with Gasteiger partial charge in [-0.25, -0.2) is 0 Å². The molecular formula is C13H12Cl3N3. The number of hydrogen-bond donors (Lipinski definition) is 2. The van der Waals surface area contributed by atoms with E-state index in [4.69, 9.17) is 40.6 Å². The maximum absolute atomic E-state index is 6.14. The molecule has 1 aromatic carbocycles. The molecule has 1 aromatic heterocycles. The number of nitrogens with two attached hydrogens (primary N) is 1. The molecule has 2 aromatic rings.